The summed E-state index contributed by atoms with van der Waals surface area (Å²) in [5.41, 5.74) is 2.39. The van der Waals surface area contributed by atoms with Crippen molar-refractivity contribution in [1.82, 2.24) is 5.32 Å². The molecule has 1 aliphatic heterocycles. The molecule has 1 heterocycles. The minimum atomic E-state index is -0.121. The Morgan fingerprint density at radius 2 is 2.11 bits per heavy atom. The Bertz CT molecular complexity index is 413. The minimum absolute atomic E-state index is 0.121. The predicted octanol–water partition coefficient (Wildman–Crippen LogP) is 2.72. The molecule has 0 bridgehead atoms. The summed E-state index contributed by atoms with van der Waals surface area (Å²) in [7, 11) is 0. The zero-order valence-corrected chi connectivity index (χ0v) is 10.8. The number of anilines is 1. The lowest BCUT2D eigenvalue weighted by molar-refractivity contribution is 0.525. The molecule has 3 heteroatoms. The maximum absolute atomic E-state index is 13.3. The van der Waals surface area contributed by atoms with Gasteiger partial charge in [0.25, 0.3) is 0 Å². The molecule has 98 valence electrons. The lowest BCUT2D eigenvalue weighted by atomic mass is 10.2. The largest absolute Gasteiger partial charge is 0.370 e. The molecule has 0 spiro atoms. The lowest BCUT2D eigenvalue weighted by Crippen LogP contribution is -2.35. The molecule has 1 N–H and O–H groups in total. The SMILES string of the molecule is Fc1ccc2c(c1)N(CCNC1CCCC1)CC2. The van der Waals surface area contributed by atoms with Crippen molar-refractivity contribution in [3.8, 4) is 0 Å². The van der Waals surface area contributed by atoms with E-state index < -0.39 is 0 Å². The van der Waals surface area contributed by atoms with Crippen LogP contribution in [0.2, 0.25) is 0 Å². The van der Waals surface area contributed by atoms with Crippen LogP contribution in [0, 0.1) is 5.82 Å². The maximum atomic E-state index is 13.3. The molecule has 1 saturated carbocycles. The summed E-state index contributed by atoms with van der Waals surface area (Å²) >= 11 is 0. The van der Waals surface area contributed by atoms with Gasteiger partial charge in [0.05, 0.1) is 0 Å². The van der Waals surface area contributed by atoms with Crippen LogP contribution in [0.4, 0.5) is 10.1 Å². The van der Waals surface area contributed by atoms with Crippen LogP contribution in [0.1, 0.15) is 31.2 Å². The Morgan fingerprint density at radius 1 is 1.28 bits per heavy atom. The van der Waals surface area contributed by atoms with Crippen molar-refractivity contribution in [3.05, 3.63) is 29.6 Å². The van der Waals surface area contributed by atoms with E-state index in [1.165, 1.54) is 31.2 Å². The number of hydrogen-bond acceptors (Lipinski definition) is 2. The fourth-order valence-corrected chi connectivity index (χ4v) is 3.18. The minimum Gasteiger partial charge on any atom is -0.370 e. The number of fused-ring (bicyclic) bond motifs is 1. The smallest absolute Gasteiger partial charge is 0.125 e. The summed E-state index contributed by atoms with van der Waals surface area (Å²) in [6.45, 7) is 3.04. The molecule has 1 fully saturated rings. The quantitative estimate of drug-likeness (QED) is 0.881. The molecule has 3 rings (SSSR count). The molecule has 2 nitrogen and oxygen atoms in total. The molecule has 1 aliphatic carbocycles. The molecule has 0 unspecified atom stereocenters. The van der Waals surface area contributed by atoms with Crippen LogP contribution in [-0.4, -0.2) is 25.7 Å². The van der Waals surface area contributed by atoms with Crippen LogP contribution in [0.3, 0.4) is 0 Å². The standard InChI is InChI=1S/C15H21FN2/c16-13-6-5-12-7-9-18(15(12)11-13)10-8-17-14-3-1-2-4-14/h5-6,11,14,17H,1-4,7-10H2. The molecule has 0 aromatic heterocycles. The van der Waals surface area contributed by atoms with Gasteiger partial charge < -0.3 is 10.2 Å². The molecule has 18 heavy (non-hydrogen) atoms. The summed E-state index contributed by atoms with van der Waals surface area (Å²) < 4.78 is 13.3. The van der Waals surface area contributed by atoms with E-state index in [0.29, 0.717) is 0 Å². The predicted molar refractivity (Wildman–Crippen MR) is 72.6 cm³/mol. The van der Waals surface area contributed by atoms with Crippen LogP contribution in [-0.2, 0) is 6.42 Å². The second-order valence-electron chi connectivity index (χ2n) is 5.45. The van der Waals surface area contributed by atoms with Gasteiger partial charge in [0, 0.05) is 31.4 Å². The first-order valence-corrected chi connectivity index (χ1v) is 7.10. The summed E-state index contributed by atoms with van der Waals surface area (Å²) in [5, 5.41) is 3.62. The van der Waals surface area contributed by atoms with Crippen molar-refractivity contribution in [2.45, 2.75) is 38.1 Å². The lowest BCUT2D eigenvalue weighted by Gasteiger charge is -2.21. The average Bonchev–Trinajstić information content (AvgIpc) is 2.99. The zero-order chi connectivity index (χ0) is 12.4. The molecule has 0 radical (unpaired) electrons. The van der Waals surface area contributed by atoms with Crippen molar-refractivity contribution < 1.29 is 4.39 Å². The average molecular weight is 248 g/mol. The van der Waals surface area contributed by atoms with Crippen molar-refractivity contribution in [3.63, 3.8) is 0 Å². The number of halogens is 1. The third kappa shape index (κ3) is 2.51. The van der Waals surface area contributed by atoms with Gasteiger partial charge in [0.2, 0.25) is 0 Å². The van der Waals surface area contributed by atoms with E-state index in [2.05, 4.69) is 10.2 Å². The van der Waals surface area contributed by atoms with Gasteiger partial charge in [-0.05, 0) is 37.0 Å². The van der Waals surface area contributed by atoms with Gasteiger partial charge in [-0.15, -0.1) is 0 Å². The molecular formula is C15H21FN2. The van der Waals surface area contributed by atoms with E-state index in [1.54, 1.807) is 12.1 Å². The van der Waals surface area contributed by atoms with Crippen molar-refractivity contribution in [2.24, 2.45) is 0 Å². The van der Waals surface area contributed by atoms with Gasteiger partial charge in [-0.3, -0.25) is 0 Å². The van der Waals surface area contributed by atoms with E-state index in [0.717, 1.165) is 37.8 Å². The van der Waals surface area contributed by atoms with Crippen LogP contribution >= 0.6 is 0 Å². The Hall–Kier alpha value is -1.09. The molecule has 1 aromatic rings. The van der Waals surface area contributed by atoms with E-state index >= 15 is 0 Å². The van der Waals surface area contributed by atoms with Crippen LogP contribution < -0.4 is 10.2 Å². The Kier molecular flexibility index (Phi) is 3.50. The maximum Gasteiger partial charge on any atom is 0.125 e. The van der Waals surface area contributed by atoms with E-state index in [4.69, 9.17) is 0 Å². The molecule has 1 aromatic carbocycles. The number of hydrogen-bond donors (Lipinski definition) is 1. The first-order valence-electron chi connectivity index (χ1n) is 7.10. The van der Waals surface area contributed by atoms with E-state index in [9.17, 15) is 4.39 Å². The van der Waals surface area contributed by atoms with Crippen LogP contribution in [0.5, 0.6) is 0 Å². The Morgan fingerprint density at radius 3 is 2.94 bits per heavy atom. The first kappa shape index (κ1) is 12.0. The van der Waals surface area contributed by atoms with Gasteiger partial charge in [-0.1, -0.05) is 18.9 Å². The molecule has 0 atom stereocenters. The first-order chi connectivity index (χ1) is 8.83. The van der Waals surface area contributed by atoms with Gasteiger partial charge in [-0.2, -0.15) is 0 Å². The summed E-state index contributed by atoms with van der Waals surface area (Å²) in [6, 6.07) is 5.89. The molecular weight excluding hydrogens is 227 g/mol. The second-order valence-corrected chi connectivity index (χ2v) is 5.45. The Labute approximate surface area is 108 Å². The van der Waals surface area contributed by atoms with Gasteiger partial charge in [0.15, 0.2) is 0 Å². The normalized spacial score (nSPS) is 19.5. The highest BCUT2D eigenvalue weighted by atomic mass is 19.1. The summed E-state index contributed by atoms with van der Waals surface area (Å²) in [4.78, 5) is 2.31. The van der Waals surface area contributed by atoms with E-state index in [-0.39, 0.29) is 5.82 Å². The third-order valence-corrected chi connectivity index (χ3v) is 4.21. The van der Waals surface area contributed by atoms with Crippen LogP contribution in [0.25, 0.3) is 0 Å². The number of benzene rings is 1. The third-order valence-electron chi connectivity index (χ3n) is 4.21. The van der Waals surface area contributed by atoms with Gasteiger partial charge >= 0.3 is 0 Å². The topological polar surface area (TPSA) is 15.3 Å². The van der Waals surface area contributed by atoms with Crippen molar-refractivity contribution in [2.75, 3.05) is 24.5 Å². The fourth-order valence-electron chi connectivity index (χ4n) is 3.18. The van der Waals surface area contributed by atoms with Gasteiger partial charge in [-0.25, -0.2) is 4.39 Å². The number of nitrogens with zero attached hydrogens (tertiary/aromatic N) is 1. The Balaban J connectivity index is 1.54. The van der Waals surface area contributed by atoms with Crippen molar-refractivity contribution in [1.29, 1.82) is 0 Å². The highest BCUT2D eigenvalue weighted by Gasteiger charge is 2.20. The zero-order valence-electron chi connectivity index (χ0n) is 10.8. The highest BCUT2D eigenvalue weighted by Crippen LogP contribution is 2.28. The monoisotopic (exact) mass is 248 g/mol. The fraction of sp³-hybridized carbons (Fsp3) is 0.600. The van der Waals surface area contributed by atoms with E-state index in [1.807, 2.05) is 6.07 Å². The van der Waals surface area contributed by atoms with Crippen LogP contribution in [0.15, 0.2) is 18.2 Å². The summed E-state index contributed by atoms with van der Waals surface area (Å²) in [5.74, 6) is -0.121. The highest BCUT2D eigenvalue weighted by molar-refractivity contribution is 5.58. The second kappa shape index (κ2) is 5.27. The molecule has 0 amide bonds. The van der Waals surface area contributed by atoms with Crippen molar-refractivity contribution >= 4 is 5.69 Å². The van der Waals surface area contributed by atoms with Gasteiger partial charge in [0.1, 0.15) is 5.82 Å². The number of nitrogens with one attached hydrogen (secondary N) is 1. The number of rotatable bonds is 4. The summed E-state index contributed by atoms with van der Waals surface area (Å²) in [6.07, 6.45) is 6.44. The molecule has 2 aliphatic rings. The molecule has 0 saturated heterocycles.